The highest BCUT2D eigenvalue weighted by molar-refractivity contribution is 5.96. The van der Waals surface area contributed by atoms with E-state index in [4.69, 9.17) is 4.74 Å². The molecule has 0 bridgehead atoms. The van der Waals surface area contributed by atoms with E-state index in [1.807, 2.05) is 6.07 Å². The van der Waals surface area contributed by atoms with Crippen LogP contribution < -0.4 is 4.74 Å². The van der Waals surface area contributed by atoms with Gasteiger partial charge in [0.2, 0.25) is 0 Å². The molecule has 4 nitrogen and oxygen atoms in total. The lowest BCUT2D eigenvalue weighted by Gasteiger charge is -2.10. The summed E-state index contributed by atoms with van der Waals surface area (Å²) in [6, 6.07) is 11.9. The molecule has 0 fully saturated rings. The van der Waals surface area contributed by atoms with E-state index in [9.17, 15) is 15.0 Å². The van der Waals surface area contributed by atoms with Crippen LogP contribution in [-0.2, 0) is 6.42 Å². The number of phenolic OH excluding ortho intramolecular Hbond substituents is 2. The zero-order chi connectivity index (χ0) is 14.5. The van der Waals surface area contributed by atoms with Gasteiger partial charge >= 0.3 is 0 Å². The van der Waals surface area contributed by atoms with Gasteiger partial charge in [-0.05, 0) is 18.6 Å². The predicted octanol–water partition coefficient (Wildman–Crippen LogP) is 2.92. The highest BCUT2D eigenvalue weighted by Crippen LogP contribution is 2.36. The van der Waals surface area contributed by atoms with E-state index < -0.39 is 0 Å². The normalized spacial score (nSPS) is 10.2. The van der Waals surface area contributed by atoms with Crippen molar-refractivity contribution < 1.29 is 19.7 Å². The molecule has 0 heterocycles. The fraction of sp³-hybridized carbons (Fsp3) is 0.188. The van der Waals surface area contributed by atoms with Gasteiger partial charge in [0.05, 0.1) is 7.11 Å². The first-order chi connectivity index (χ1) is 9.63. The van der Waals surface area contributed by atoms with Gasteiger partial charge in [0.15, 0.2) is 17.3 Å². The number of benzene rings is 2. The van der Waals surface area contributed by atoms with Crippen LogP contribution in [0.5, 0.6) is 17.2 Å². The molecular weight excluding hydrogens is 256 g/mol. The van der Waals surface area contributed by atoms with E-state index in [1.165, 1.54) is 19.2 Å². The van der Waals surface area contributed by atoms with Crippen molar-refractivity contribution in [2.24, 2.45) is 0 Å². The third-order valence-electron chi connectivity index (χ3n) is 3.14. The number of methoxy groups -OCH3 is 1. The summed E-state index contributed by atoms with van der Waals surface area (Å²) in [6.45, 7) is 0. The Hall–Kier alpha value is -2.49. The fourth-order valence-electron chi connectivity index (χ4n) is 2.02. The number of phenols is 2. The van der Waals surface area contributed by atoms with Crippen LogP contribution in [0.15, 0.2) is 42.5 Å². The Balaban J connectivity index is 2.13. The second kappa shape index (κ2) is 6.10. The predicted molar refractivity (Wildman–Crippen MR) is 75.4 cm³/mol. The molecule has 2 rings (SSSR count). The van der Waals surface area contributed by atoms with Crippen molar-refractivity contribution in [1.82, 2.24) is 0 Å². The summed E-state index contributed by atoms with van der Waals surface area (Å²) >= 11 is 0. The van der Waals surface area contributed by atoms with Gasteiger partial charge in [-0.2, -0.15) is 0 Å². The van der Waals surface area contributed by atoms with Crippen molar-refractivity contribution in [2.45, 2.75) is 12.8 Å². The molecule has 0 aromatic heterocycles. The maximum atomic E-state index is 12.0. The molecule has 0 aliphatic heterocycles. The van der Waals surface area contributed by atoms with Gasteiger partial charge in [-0.15, -0.1) is 0 Å². The number of ketones is 1. The number of hydrogen-bond donors (Lipinski definition) is 2. The SMILES string of the molecule is COc1ccc(O)c(CCC(=O)c2ccccc2)c1O. The van der Waals surface area contributed by atoms with Crippen molar-refractivity contribution in [1.29, 1.82) is 0 Å². The van der Waals surface area contributed by atoms with E-state index in [-0.39, 0.29) is 35.9 Å². The summed E-state index contributed by atoms with van der Waals surface area (Å²) in [5, 5.41) is 19.7. The first-order valence-corrected chi connectivity index (χ1v) is 6.29. The van der Waals surface area contributed by atoms with E-state index in [0.717, 1.165) is 0 Å². The van der Waals surface area contributed by atoms with E-state index >= 15 is 0 Å². The molecule has 0 amide bonds. The molecule has 2 aromatic rings. The van der Waals surface area contributed by atoms with Crippen molar-refractivity contribution in [3.05, 3.63) is 53.6 Å². The monoisotopic (exact) mass is 272 g/mol. The minimum atomic E-state index is -0.117. The third-order valence-corrected chi connectivity index (χ3v) is 3.14. The van der Waals surface area contributed by atoms with Gasteiger partial charge in [-0.25, -0.2) is 0 Å². The average Bonchev–Trinajstić information content (AvgIpc) is 2.48. The Kier molecular flexibility index (Phi) is 4.25. The quantitative estimate of drug-likeness (QED) is 0.821. The third kappa shape index (κ3) is 2.91. The number of carbonyl (C=O) groups is 1. The Morgan fingerprint density at radius 1 is 1.10 bits per heavy atom. The molecule has 0 saturated heterocycles. The van der Waals surface area contributed by atoms with Crippen LogP contribution in [0.3, 0.4) is 0 Å². The van der Waals surface area contributed by atoms with Gasteiger partial charge in [-0.3, -0.25) is 4.79 Å². The van der Waals surface area contributed by atoms with Crippen molar-refractivity contribution in [3.63, 3.8) is 0 Å². The number of hydrogen-bond acceptors (Lipinski definition) is 4. The van der Waals surface area contributed by atoms with Crippen LogP contribution in [0.25, 0.3) is 0 Å². The Labute approximate surface area is 117 Å². The maximum absolute atomic E-state index is 12.0. The second-order valence-electron chi connectivity index (χ2n) is 4.40. The topological polar surface area (TPSA) is 66.8 Å². The van der Waals surface area contributed by atoms with Crippen LogP contribution in [0.1, 0.15) is 22.3 Å². The molecule has 0 saturated carbocycles. The minimum Gasteiger partial charge on any atom is -0.508 e. The van der Waals surface area contributed by atoms with Crippen molar-refractivity contribution >= 4 is 5.78 Å². The molecule has 0 aliphatic rings. The van der Waals surface area contributed by atoms with Crippen LogP contribution in [0.2, 0.25) is 0 Å². The number of ether oxygens (including phenoxy) is 1. The van der Waals surface area contributed by atoms with E-state index in [2.05, 4.69) is 0 Å². The fourth-order valence-corrected chi connectivity index (χ4v) is 2.02. The Morgan fingerprint density at radius 3 is 2.45 bits per heavy atom. The van der Waals surface area contributed by atoms with Gasteiger partial charge in [0.1, 0.15) is 5.75 Å². The summed E-state index contributed by atoms with van der Waals surface area (Å²) in [4.78, 5) is 12.0. The lowest BCUT2D eigenvalue weighted by molar-refractivity contribution is 0.0982. The average molecular weight is 272 g/mol. The molecule has 2 aromatic carbocycles. The van der Waals surface area contributed by atoms with Gasteiger partial charge < -0.3 is 14.9 Å². The van der Waals surface area contributed by atoms with Crippen LogP contribution in [0, 0.1) is 0 Å². The smallest absolute Gasteiger partial charge is 0.164 e. The summed E-state index contributed by atoms with van der Waals surface area (Å²) in [7, 11) is 1.44. The van der Waals surface area contributed by atoms with Gasteiger partial charge in [0.25, 0.3) is 0 Å². The number of rotatable bonds is 5. The van der Waals surface area contributed by atoms with Crippen LogP contribution in [0.4, 0.5) is 0 Å². The molecule has 4 heteroatoms. The molecule has 20 heavy (non-hydrogen) atoms. The number of aromatic hydroxyl groups is 2. The lowest BCUT2D eigenvalue weighted by Crippen LogP contribution is -2.01. The molecule has 0 unspecified atom stereocenters. The molecule has 104 valence electrons. The molecule has 0 spiro atoms. The van der Waals surface area contributed by atoms with Gasteiger partial charge in [0, 0.05) is 17.5 Å². The summed E-state index contributed by atoms with van der Waals surface area (Å²) in [5.74, 6) is 0.0923. The molecule has 0 atom stereocenters. The van der Waals surface area contributed by atoms with Crippen molar-refractivity contribution in [3.8, 4) is 17.2 Å². The summed E-state index contributed by atoms with van der Waals surface area (Å²) < 4.78 is 4.99. The highest BCUT2D eigenvalue weighted by atomic mass is 16.5. The molecule has 0 radical (unpaired) electrons. The second-order valence-corrected chi connectivity index (χ2v) is 4.40. The van der Waals surface area contributed by atoms with Crippen LogP contribution >= 0.6 is 0 Å². The molecule has 0 aliphatic carbocycles. The maximum Gasteiger partial charge on any atom is 0.164 e. The highest BCUT2D eigenvalue weighted by Gasteiger charge is 2.14. The summed E-state index contributed by atoms with van der Waals surface area (Å²) in [6.07, 6.45) is 0.459. The van der Waals surface area contributed by atoms with E-state index in [1.54, 1.807) is 24.3 Å². The van der Waals surface area contributed by atoms with Crippen molar-refractivity contribution in [2.75, 3.05) is 7.11 Å². The summed E-state index contributed by atoms with van der Waals surface area (Å²) in [5.41, 5.74) is 0.947. The number of carbonyl (C=O) groups excluding carboxylic acids is 1. The standard InChI is InChI=1S/C16H16O4/c1-20-15-10-9-14(18)12(16(15)19)7-8-13(17)11-5-3-2-4-6-11/h2-6,9-10,18-19H,7-8H2,1H3. The molecular formula is C16H16O4. The lowest BCUT2D eigenvalue weighted by atomic mass is 10.0. The Morgan fingerprint density at radius 2 is 1.80 bits per heavy atom. The first kappa shape index (κ1) is 13.9. The zero-order valence-electron chi connectivity index (χ0n) is 11.2. The molecule has 2 N–H and O–H groups in total. The van der Waals surface area contributed by atoms with E-state index in [0.29, 0.717) is 11.1 Å². The first-order valence-electron chi connectivity index (χ1n) is 6.29. The largest absolute Gasteiger partial charge is 0.508 e. The zero-order valence-corrected chi connectivity index (χ0v) is 11.2. The Bertz CT molecular complexity index is 605. The number of Topliss-reactive ketones (excluding diaryl/α,β-unsaturated/α-hetero) is 1. The van der Waals surface area contributed by atoms with Gasteiger partial charge in [-0.1, -0.05) is 30.3 Å². The van der Waals surface area contributed by atoms with Crippen LogP contribution in [-0.4, -0.2) is 23.1 Å². The minimum absolute atomic E-state index is 0.0350.